The average molecular weight is 372 g/mol. The fourth-order valence-electron chi connectivity index (χ4n) is 3.35. The summed E-state index contributed by atoms with van der Waals surface area (Å²) in [4.78, 5) is 25.2. The lowest BCUT2D eigenvalue weighted by molar-refractivity contribution is -0.121. The van der Waals surface area contributed by atoms with E-state index < -0.39 is 29.2 Å². The molecule has 0 saturated heterocycles. The van der Waals surface area contributed by atoms with E-state index in [1.54, 1.807) is 13.8 Å². The number of hydrogen-bond acceptors (Lipinski definition) is 3. The van der Waals surface area contributed by atoms with Gasteiger partial charge in [-0.1, -0.05) is 6.07 Å². The highest BCUT2D eigenvalue weighted by atomic mass is 19.1. The first-order valence-electron chi connectivity index (χ1n) is 8.31. The van der Waals surface area contributed by atoms with Gasteiger partial charge in [-0.2, -0.15) is 0 Å². The minimum Gasteiger partial charge on any atom is -0.505 e. The van der Waals surface area contributed by atoms with Gasteiger partial charge in [0.25, 0.3) is 5.91 Å². The molecule has 0 radical (unpaired) electrons. The zero-order valence-electron chi connectivity index (χ0n) is 15.0. The lowest BCUT2D eigenvalue weighted by Crippen LogP contribution is -2.24. The van der Waals surface area contributed by atoms with Gasteiger partial charge < -0.3 is 10.4 Å². The van der Waals surface area contributed by atoms with Gasteiger partial charge in [0.05, 0.1) is 11.4 Å². The molecule has 0 aliphatic rings. The van der Waals surface area contributed by atoms with Crippen LogP contribution in [0.5, 0.6) is 5.75 Å². The van der Waals surface area contributed by atoms with Crippen molar-refractivity contribution < 1.29 is 23.5 Å². The third-order valence-electron chi connectivity index (χ3n) is 4.67. The maximum atomic E-state index is 14.0. The van der Waals surface area contributed by atoms with Crippen LogP contribution in [0.2, 0.25) is 0 Å². The molecule has 140 valence electrons. The summed E-state index contributed by atoms with van der Waals surface area (Å²) in [5.41, 5.74) is 1.19. The minimum atomic E-state index is -0.896. The molecule has 0 saturated carbocycles. The monoisotopic (exact) mass is 372 g/mol. The summed E-state index contributed by atoms with van der Waals surface area (Å²) in [6.07, 6.45) is 0. The second kappa shape index (κ2) is 6.83. The number of nitrogens with one attached hydrogen (secondary N) is 1. The minimum absolute atomic E-state index is 0.0858. The van der Waals surface area contributed by atoms with Crippen molar-refractivity contribution in [2.75, 3.05) is 7.05 Å². The number of halogens is 2. The van der Waals surface area contributed by atoms with Crippen LogP contribution in [0, 0.1) is 18.6 Å². The third kappa shape index (κ3) is 3.05. The average Bonchev–Trinajstić information content (AvgIpc) is 2.91. The van der Waals surface area contributed by atoms with Gasteiger partial charge in [0, 0.05) is 29.8 Å². The van der Waals surface area contributed by atoms with Crippen LogP contribution in [-0.4, -0.2) is 28.5 Å². The fraction of sp³-hybridized carbons (Fsp3) is 0.200. The molecule has 0 unspecified atom stereocenters. The van der Waals surface area contributed by atoms with Crippen molar-refractivity contribution >= 4 is 22.7 Å². The molecule has 3 aromatic rings. The van der Waals surface area contributed by atoms with E-state index in [1.165, 1.54) is 35.9 Å². The number of rotatable bonds is 3. The molecule has 1 aromatic heterocycles. The molecule has 0 aliphatic heterocycles. The number of likely N-dealkylation sites (N-methyl/N-ethyl adjacent to an activating group) is 1. The van der Waals surface area contributed by atoms with Crippen molar-refractivity contribution in [3.8, 4) is 5.75 Å². The van der Waals surface area contributed by atoms with Crippen molar-refractivity contribution in [3.63, 3.8) is 0 Å². The summed E-state index contributed by atoms with van der Waals surface area (Å²) in [5.74, 6) is -3.55. The van der Waals surface area contributed by atoms with Gasteiger partial charge in [0.1, 0.15) is 5.82 Å². The number of phenols is 1. The molecule has 3 rings (SSSR count). The zero-order chi connectivity index (χ0) is 19.9. The number of hydrogen-bond donors (Lipinski definition) is 2. The van der Waals surface area contributed by atoms with E-state index >= 15 is 0 Å². The Morgan fingerprint density at radius 2 is 1.89 bits per heavy atom. The molecule has 0 spiro atoms. The van der Waals surface area contributed by atoms with E-state index in [9.17, 15) is 23.5 Å². The molecular weight excluding hydrogens is 354 g/mol. The van der Waals surface area contributed by atoms with Crippen LogP contribution in [0.25, 0.3) is 10.9 Å². The Balaban J connectivity index is 2.32. The third-order valence-corrected chi connectivity index (χ3v) is 4.67. The molecule has 0 bridgehead atoms. The number of benzene rings is 2. The topological polar surface area (TPSA) is 71.3 Å². The molecule has 1 amide bonds. The summed E-state index contributed by atoms with van der Waals surface area (Å²) >= 11 is 0. The van der Waals surface area contributed by atoms with Crippen LogP contribution in [0.1, 0.15) is 34.5 Å². The normalized spacial score (nSPS) is 12.2. The predicted molar refractivity (Wildman–Crippen MR) is 96.9 cm³/mol. The van der Waals surface area contributed by atoms with E-state index in [0.29, 0.717) is 16.6 Å². The number of phenolic OH excluding ortho intramolecular Hbond substituents is 1. The zero-order valence-corrected chi connectivity index (χ0v) is 15.0. The number of nitrogens with zero attached hydrogens (tertiary/aromatic N) is 1. The maximum absolute atomic E-state index is 14.0. The van der Waals surface area contributed by atoms with Crippen LogP contribution in [0.3, 0.4) is 0 Å². The summed E-state index contributed by atoms with van der Waals surface area (Å²) in [7, 11) is 1.49. The first kappa shape index (κ1) is 18.6. The number of aromatic hydroxyl groups is 1. The van der Waals surface area contributed by atoms with Gasteiger partial charge >= 0.3 is 0 Å². The van der Waals surface area contributed by atoms with E-state index in [0.717, 1.165) is 12.1 Å². The van der Waals surface area contributed by atoms with Crippen molar-refractivity contribution in [2.45, 2.75) is 19.8 Å². The highest BCUT2D eigenvalue weighted by molar-refractivity contribution is 6.05. The van der Waals surface area contributed by atoms with E-state index in [4.69, 9.17) is 0 Å². The van der Waals surface area contributed by atoms with E-state index in [-0.39, 0.29) is 17.0 Å². The molecule has 1 heterocycles. The summed E-state index contributed by atoms with van der Waals surface area (Å²) in [6.45, 7) is 3.28. The quantitative estimate of drug-likeness (QED) is 0.740. The molecule has 0 aliphatic carbocycles. The Kier molecular flexibility index (Phi) is 4.70. The molecule has 0 fully saturated rings. The van der Waals surface area contributed by atoms with Crippen molar-refractivity contribution in [1.29, 1.82) is 0 Å². The molecule has 2 aromatic carbocycles. The van der Waals surface area contributed by atoms with Crippen molar-refractivity contribution in [1.82, 2.24) is 9.88 Å². The van der Waals surface area contributed by atoms with E-state index in [2.05, 4.69) is 5.32 Å². The first-order chi connectivity index (χ1) is 12.8. The van der Waals surface area contributed by atoms with Gasteiger partial charge in [-0.15, -0.1) is 0 Å². The van der Waals surface area contributed by atoms with Gasteiger partial charge in [-0.25, -0.2) is 8.78 Å². The Bertz CT molecular complexity index is 1070. The van der Waals surface area contributed by atoms with Crippen LogP contribution in [0.15, 0.2) is 36.4 Å². The van der Waals surface area contributed by atoms with Crippen LogP contribution in [0.4, 0.5) is 8.78 Å². The van der Waals surface area contributed by atoms with Crippen molar-refractivity contribution in [3.05, 3.63) is 64.9 Å². The predicted octanol–water partition coefficient (Wildman–Crippen LogP) is 3.47. The smallest absolute Gasteiger partial charge is 0.262 e. The Morgan fingerprint density at radius 3 is 2.52 bits per heavy atom. The highest BCUT2D eigenvalue weighted by Gasteiger charge is 2.27. The maximum Gasteiger partial charge on any atom is 0.262 e. The lowest BCUT2D eigenvalue weighted by Gasteiger charge is -2.12. The second-order valence-corrected chi connectivity index (χ2v) is 6.31. The summed E-state index contributed by atoms with van der Waals surface area (Å²) in [6, 6.07) is 7.40. The van der Waals surface area contributed by atoms with E-state index in [1.807, 2.05) is 0 Å². The summed E-state index contributed by atoms with van der Waals surface area (Å²) in [5, 5.41) is 12.7. The molecule has 1 atom stereocenters. The number of fused-ring (bicyclic) bond motifs is 1. The largest absolute Gasteiger partial charge is 0.505 e. The molecule has 7 heteroatoms. The number of amides is 1. The standard InChI is InChI=1S/C20H18F2N2O3/c1-10(19(26)23-3)18-11(2)24(16-9-15(22)17(25)8-14(16)18)20(27)12-5-4-6-13(21)7-12/h4-10,25H,1-3H3,(H,23,26)/t10-/m1/s1. The molecule has 27 heavy (non-hydrogen) atoms. The SMILES string of the molecule is CNC(=O)[C@H](C)c1c(C)n(C(=O)c2cccc(F)c2)c2cc(F)c(O)cc12. The molecule has 5 nitrogen and oxygen atoms in total. The van der Waals surface area contributed by atoms with Gasteiger partial charge in [0.15, 0.2) is 11.6 Å². The Morgan fingerprint density at radius 1 is 1.19 bits per heavy atom. The molecular formula is C20H18F2N2O3. The Hall–Kier alpha value is -3.22. The Labute approximate surface area is 154 Å². The van der Waals surface area contributed by atoms with Gasteiger partial charge in [-0.05, 0) is 43.7 Å². The van der Waals surface area contributed by atoms with Crippen LogP contribution >= 0.6 is 0 Å². The lowest BCUT2D eigenvalue weighted by atomic mass is 9.97. The highest BCUT2D eigenvalue weighted by Crippen LogP contribution is 2.35. The number of carbonyl (C=O) groups excluding carboxylic acids is 2. The van der Waals surface area contributed by atoms with Crippen LogP contribution in [-0.2, 0) is 4.79 Å². The van der Waals surface area contributed by atoms with Gasteiger partial charge in [0.2, 0.25) is 5.91 Å². The van der Waals surface area contributed by atoms with Crippen molar-refractivity contribution in [2.24, 2.45) is 0 Å². The molecule has 2 N–H and O–H groups in total. The first-order valence-corrected chi connectivity index (χ1v) is 8.31. The van der Waals surface area contributed by atoms with Crippen LogP contribution < -0.4 is 5.32 Å². The second-order valence-electron chi connectivity index (χ2n) is 6.31. The summed E-state index contributed by atoms with van der Waals surface area (Å²) < 4.78 is 28.8. The number of aromatic nitrogens is 1. The fourth-order valence-corrected chi connectivity index (χ4v) is 3.35. The van der Waals surface area contributed by atoms with Gasteiger partial charge in [-0.3, -0.25) is 14.2 Å². The number of carbonyl (C=O) groups is 2.